The SMILES string of the molecule is CC(C)[C@@H]1O[C@H](C(F)(F)F)CN2c3c(F)cc(Br)cc3CC3(C(=O)NC(=O)NC3=O)[C@@H]12.CC(C)[C@@H]1O[C@H](C(F)(F)F)CN2c3cc(F)c(Br)cc3CC3(C(=O)NC(=O)NC3=O)[C@@H]12.[C-]#[N+]c1cc(F)c2c(c1)CC1(C(=O)NC(=O)NC1=O)[C@H]1[C@H](C(C)C)O[C@H](C(F)(F)F)CN21.[C-]#[N+]c1cc2c(cc1F)N1C[C@@H](C(F)(F)F)O[C@@H](C(C)C)[C@@H]1C1(C2)C(=O)NC(=O)NC1=O. The molecule has 12 atom stereocenters. The molecule has 0 unspecified atom stereocenters. The summed E-state index contributed by atoms with van der Waals surface area (Å²) in [6, 6.07) is 0.0229. The first-order valence-corrected chi connectivity index (χ1v) is 40.1. The number of carbonyl (C=O) groups is 12. The van der Waals surface area contributed by atoms with Crippen LogP contribution in [0.4, 0.5) is 124 Å². The van der Waals surface area contributed by atoms with Gasteiger partial charge in [-0.05, 0) is 124 Å². The van der Waals surface area contributed by atoms with Crippen LogP contribution in [0, 0.1) is 81.7 Å². The summed E-state index contributed by atoms with van der Waals surface area (Å²) < 4.78 is 245. The number of alkyl halides is 12. The molecule has 0 aliphatic carbocycles. The lowest BCUT2D eigenvalue weighted by atomic mass is 9.65. The van der Waals surface area contributed by atoms with Crippen LogP contribution in [-0.2, 0) is 83.0 Å². The molecule has 48 heteroatoms. The number of hydrogen-bond donors (Lipinski definition) is 8. The highest BCUT2D eigenvalue weighted by Gasteiger charge is 2.72. The first-order chi connectivity index (χ1) is 58.5. The van der Waals surface area contributed by atoms with Gasteiger partial charge in [0, 0.05) is 22.3 Å². The molecule has 4 aromatic rings. The minimum atomic E-state index is -4.79. The number of hydrogen-bond acceptors (Lipinski definition) is 20. The van der Waals surface area contributed by atoms with Gasteiger partial charge in [0.2, 0.25) is 52.9 Å². The molecular formula is C78H72Br2F16N14O16. The zero-order chi connectivity index (χ0) is 92.9. The molecule has 12 aliphatic rings. The quantitative estimate of drug-likeness (QED) is 0.0535. The van der Waals surface area contributed by atoms with Gasteiger partial charge >= 0.3 is 48.8 Å². The van der Waals surface area contributed by atoms with Crippen molar-refractivity contribution < 1.29 is 147 Å². The second-order valence-electron chi connectivity index (χ2n) is 33.3. The van der Waals surface area contributed by atoms with E-state index in [1.54, 1.807) is 55.4 Å². The van der Waals surface area contributed by atoms with Crippen LogP contribution in [-0.4, -0.2) is 195 Å². The number of nitrogens with one attached hydrogen (secondary N) is 8. The lowest BCUT2D eigenvalue weighted by molar-refractivity contribution is -0.250. The van der Waals surface area contributed by atoms with Gasteiger partial charge in [-0.3, -0.25) is 80.9 Å². The molecule has 8 fully saturated rings. The number of urea groups is 4. The van der Waals surface area contributed by atoms with E-state index in [1.807, 2.05) is 31.9 Å². The lowest BCUT2D eigenvalue weighted by Gasteiger charge is -2.57. The van der Waals surface area contributed by atoms with Crippen LogP contribution in [0.5, 0.6) is 0 Å². The second-order valence-corrected chi connectivity index (χ2v) is 35.1. The predicted molar refractivity (Wildman–Crippen MR) is 408 cm³/mol. The number of ether oxygens (including phenoxy) is 4. The van der Waals surface area contributed by atoms with Gasteiger partial charge in [0.05, 0.1) is 104 Å². The van der Waals surface area contributed by atoms with E-state index in [2.05, 4.69) is 52.2 Å². The number of halogens is 18. The molecule has 0 aromatic heterocycles. The number of barbiturate groups is 4. The fourth-order valence-electron chi connectivity index (χ4n) is 19.0. The smallest absolute Gasteiger partial charge is 0.361 e. The Kier molecular flexibility index (Phi) is 24.2. The van der Waals surface area contributed by atoms with Gasteiger partial charge in [-0.2, -0.15) is 52.7 Å². The minimum absolute atomic E-state index is 0.0252. The molecule has 16 rings (SSSR count). The maximum absolute atomic E-state index is 15.1. The van der Waals surface area contributed by atoms with E-state index in [1.165, 1.54) is 23.1 Å². The molecule has 676 valence electrons. The third-order valence-electron chi connectivity index (χ3n) is 24.3. The van der Waals surface area contributed by atoms with E-state index >= 15 is 8.78 Å². The number of amides is 16. The molecule has 126 heavy (non-hydrogen) atoms. The number of fused-ring (bicyclic) bond motifs is 16. The number of nitrogens with zero attached hydrogens (tertiary/aromatic N) is 6. The molecule has 16 amide bonds. The standard InChI is InChI=1S/2C20H18F4N4O4.2C19H18BrF4N3O4/c1-8(2)14-15-19(16(29)26-18(31)27-17(19)30)6-9-4-11(25-3)10(21)5-12(9)28(15)7-13(32-14)20(22,23)24;1-8(2)14-15-19(16(29)26-18(31)27-17(19)30)6-9-4-10(25-3)5-11(21)13(9)28(15)7-12(32-14)20(22,23)24;1-7(2)13-14-18(15(28)25-17(30)26-16(18)29)5-8-3-9(20)10(21)4-11(8)27(14)6-12(31-13)19(22,23)24;1-7(2)13-14-18(15(28)25-17(30)26-16(18)29)5-8-3-9(20)4-10(21)12(8)27(14)6-11(31-13)19(22,23)24/h4-5,8,13-15H,6-7H2,1-2H3,(H2,26,27,29,30,31);4-5,8,12,14-15H,6-7H2,1-2H3,(H2,26,27,29,30,31);3-4,7,12-14H,5-6H2,1-2H3,(H2,25,26,28,29,30);3-4,7,11,13-14H,5-6H2,1-2H3,(H2,25,26,28,29,30)/t13-,14-,15+;12-,14-,15+;12-,13-,14+;11-,13-,14+/m0000/s1. The van der Waals surface area contributed by atoms with Crippen LogP contribution in [0.15, 0.2) is 57.5 Å². The third kappa shape index (κ3) is 15.7. The summed E-state index contributed by atoms with van der Waals surface area (Å²) in [7, 11) is 0. The Hall–Kier alpha value is -10.8. The van der Waals surface area contributed by atoms with Crippen molar-refractivity contribution in [3.63, 3.8) is 0 Å². The van der Waals surface area contributed by atoms with E-state index in [-0.39, 0.29) is 68.9 Å². The average Bonchev–Trinajstić information content (AvgIpc) is 0.716. The summed E-state index contributed by atoms with van der Waals surface area (Å²) in [4.78, 5) is 162. The van der Waals surface area contributed by atoms with Crippen molar-refractivity contribution in [2.75, 3.05) is 45.8 Å². The molecule has 4 spiro atoms. The maximum Gasteiger partial charge on any atom is 0.416 e. The Morgan fingerprint density at radius 2 is 0.627 bits per heavy atom. The molecule has 12 aliphatic heterocycles. The molecule has 8 saturated heterocycles. The van der Waals surface area contributed by atoms with Crippen LogP contribution in [0.1, 0.15) is 77.6 Å². The van der Waals surface area contributed by atoms with Gasteiger partial charge in [0.25, 0.3) is 0 Å². The molecule has 4 aromatic carbocycles. The number of rotatable bonds is 4. The van der Waals surface area contributed by atoms with Crippen LogP contribution < -0.4 is 62.1 Å². The van der Waals surface area contributed by atoms with Crippen molar-refractivity contribution in [2.45, 2.75) is 179 Å². The highest BCUT2D eigenvalue weighted by molar-refractivity contribution is 9.10. The van der Waals surface area contributed by atoms with E-state index in [0.717, 1.165) is 45.0 Å². The third-order valence-corrected chi connectivity index (χ3v) is 25.4. The number of carbonyl (C=O) groups excluding carboxylic acids is 12. The summed E-state index contributed by atoms with van der Waals surface area (Å²) in [5.74, 6) is -13.4. The summed E-state index contributed by atoms with van der Waals surface area (Å²) >= 11 is 6.18. The number of anilines is 4. The monoisotopic (exact) mass is 1920 g/mol. The fraction of sp³-hybridized carbons (Fsp3) is 0.513. The Balaban J connectivity index is 0.000000144. The molecule has 12 heterocycles. The summed E-state index contributed by atoms with van der Waals surface area (Å²) in [6.07, 6.45) is -34.3. The molecule has 0 bridgehead atoms. The summed E-state index contributed by atoms with van der Waals surface area (Å²) in [5, 5.41) is 16.3. The van der Waals surface area contributed by atoms with Crippen molar-refractivity contribution in [1.82, 2.24) is 42.5 Å². The van der Waals surface area contributed by atoms with Crippen molar-refractivity contribution in [3.8, 4) is 0 Å². The Morgan fingerprint density at radius 3 is 0.921 bits per heavy atom. The highest BCUT2D eigenvalue weighted by atomic mass is 79.9. The highest BCUT2D eigenvalue weighted by Crippen LogP contribution is 2.57. The summed E-state index contributed by atoms with van der Waals surface area (Å²) in [6.45, 7) is 23.8. The van der Waals surface area contributed by atoms with E-state index in [9.17, 15) is 119 Å². The van der Waals surface area contributed by atoms with E-state index < -0.39 is 276 Å². The van der Waals surface area contributed by atoms with Gasteiger partial charge in [-0.1, -0.05) is 77.4 Å². The van der Waals surface area contributed by atoms with E-state index in [4.69, 9.17) is 32.1 Å². The van der Waals surface area contributed by atoms with Crippen LogP contribution in [0.2, 0.25) is 0 Å². The molecule has 0 radical (unpaired) electrons. The van der Waals surface area contributed by atoms with Crippen molar-refractivity contribution >= 4 is 137 Å². The minimum Gasteiger partial charge on any atom is -0.361 e. The maximum atomic E-state index is 15.1. The van der Waals surface area contributed by atoms with Crippen molar-refractivity contribution in [3.05, 3.63) is 126 Å². The van der Waals surface area contributed by atoms with E-state index in [0.29, 0.717) is 10.0 Å². The predicted octanol–water partition coefficient (Wildman–Crippen LogP) is 10.2. The number of imide groups is 8. The summed E-state index contributed by atoms with van der Waals surface area (Å²) in [5.41, 5.74) is -8.03. The van der Waals surface area contributed by atoms with Gasteiger partial charge in [0.1, 0.15) is 23.3 Å². The van der Waals surface area contributed by atoms with Gasteiger partial charge in [-0.15, -0.1) is 0 Å². The first-order valence-electron chi connectivity index (χ1n) is 38.5. The zero-order valence-corrected chi connectivity index (χ0v) is 69.7. The van der Waals surface area contributed by atoms with Gasteiger partial charge in [0.15, 0.2) is 51.8 Å². The van der Waals surface area contributed by atoms with Crippen LogP contribution in [0.3, 0.4) is 0 Å². The molecule has 0 saturated carbocycles. The van der Waals surface area contributed by atoms with Crippen LogP contribution in [0.25, 0.3) is 9.69 Å². The fourth-order valence-corrected chi connectivity index (χ4v) is 19.8. The largest absolute Gasteiger partial charge is 0.416 e. The average molecular weight is 1930 g/mol. The van der Waals surface area contributed by atoms with Gasteiger partial charge < -0.3 is 38.5 Å². The Bertz CT molecular complexity index is 5310. The lowest BCUT2D eigenvalue weighted by Crippen LogP contribution is -2.77. The molecule has 30 nitrogen and oxygen atoms in total. The Morgan fingerprint density at radius 1 is 0.357 bits per heavy atom. The number of benzene rings is 4. The molecule has 8 N–H and O–H groups in total. The second kappa shape index (κ2) is 32.8. The zero-order valence-electron chi connectivity index (χ0n) is 66.5. The topological polar surface area (TPSA) is 360 Å². The molecular weight excluding hydrogens is 1850 g/mol. The van der Waals surface area contributed by atoms with Crippen molar-refractivity contribution in [1.29, 1.82) is 0 Å². The van der Waals surface area contributed by atoms with Crippen LogP contribution >= 0.6 is 31.9 Å². The Labute approximate surface area is 719 Å². The van der Waals surface area contributed by atoms with Crippen molar-refractivity contribution in [2.24, 2.45) is 45.3 Å². The number of morpholine rings is 4. The van der Waals surface area contributed by atoms with Gasteiger partial charge in [-0.25, -0.2) is 46.4 Å². The normalized spacial score (nSPS) is 27.3. The first kappa shape index (κ1) is 92.8.